The molecule has 29 heavy (non-hydrogen) atoms. The highest BCUT2D eigenvalue weighted by molar-refractivity contribution is 6.30. The van der Waals surface area contributed by atoms with Gasteiger partial charge >= 0.3 is 0 Å². The monoisotopic (exact) mass is 408 g/mol. The Hall–Kier alpha value is -2.86. The van der Waals surface area contributed by atoms with Crippen LogP contribution in [0.4, 0.5) is 0 Å². The van der Waals surface area contributed by atoms with E-state index in [-0.39, 0.29) is 5.41 Å². The molecule has 2 heterocycles. The maximum absolute atomic E-state index is 6.17. The number of halogens is 1. The summed E-state index contributed by atoms with van der Waals surface area (Å²) < 4.78 is 1.96. The number of nitrogens with zero attached hydrogens (tertiary/aromatic N) is 4. The van der Waals surface area contributed by atoms with Gasteiger partial charge in [-0.05, 0) is 49.1 Å². The fourth-order valence-electron chi connectivity index (χ4n) is 3.48. The predicted molar refractivity (Wildman–Crippen MR) is 117 cm³/mol. The van der Waals surface area contributed by atoms with Gasteiger partial charge < -0.3 is 10.6 Å². The fraction of sp³-hybridized carbons (Fsp3) is 0.318. The third-order valence-corrected chi connectivity index (χ3v) is 5.69. The molecule has 1 aromatic carbocycles. The largest absolute Gasteiger partial charge is 0.356 e. The van der Waals surface area contributed by atoms with Crippen molar-refractivity contribution in [1.82, 2.24) is 25.2 Å². The normalized spacial score (nSPS) is 15.2. The van der Waals surface area contributed by atoms with E-state index in [0.29, 0.717) is 6.54 Å². The van der Waals surface area contributed by atoms with Crippen LogP contribution in [-0.4, -0.2) is 34.1 Å². The highest BCUT2D eigenvalue weighted by Crippen LogP contribution is 2.48. The minimum Gasteiger partial charge on any atom is -0.356 e. The summed E-state index contributed by atoms with van der Waals surface area (Å²) in [4.78, 5) is 13.1. The maximum atomic E-state index is 6.17. The van der Waals surface area contributed by atoms with Crippen molar-refractivity contribution in [3.05, 3.63) is 77.0 Å². The molecule has 0 amide bonds. The summed E-state index contributed by atoms with van der Waals surface area (Å²) >= 11 is 6.17. The van der Waals surface area contributed by atoms with Gasteiger partial charge in [-0.1, -0.05) is 29.8 Å². The van der Waals surface area contributed by atoms with Crippen LogP contribution < -0.4 is 10.6 Å². The highest BCUT2D eigenvalue weighted by atomic mass is 35.5. The van der Waals surface area contributed by atoms with Crippen molar-refractivity contribution in [3.63, 3.8) is 0 Å². The Morgan fingerprint density at radius 2 is 2.07 bits per heavy atom. The van der Waals surface area contributed by atoms with Crippen LogP contribution in [0.5, 0.6) is 0 Å². The summed E-state index contributed by atoms with van der Waals surface area (Å²) in [6.07, 6.45) is 7.89. The molecule has 1 aliphatic rings. The number of aliphatic imine (C=N–C) groups is 1. The van der Waals surface area contributed by atoms with Crippen molar-refractivity contribution in [1.29, 1.82) is 0 Å². The van der Waals surface area contributed by atoms with E-state index in [0.717, 1.165) is 47.6 Å². The number of hydrogen-bond acceptors (Lipinski definition) is 3. The van der Waals surface area contributed by atoms with Gasteiger partial charge in [0.15, 0.2) is 5.96 Å². The van der Waals surface area contributed by atoms with Crippen molar-refractivity contribution >= 4 is 17.6 Å². The standard InChI is InChI=1S/C22H25ClN6/c1-16-25-10-11-29(16)20-7-6-17(13-26-20)14-27-21(24-2)28-15-22(8-9-22)18-4-3-5-19(23)12-18/h3-7,10-13H,8-9,14-15H2,1-2H3,(H2,24,27,28). The molecule has 1 fully saturated rings. The van der Waals surface area contributed by atoms with E-state index < -0.39 is 0 Å². The van der Waals surface area contributed by atoms with Crippen LogP contribution in [0.3, 0.4) is 0 Å². The Morgan fingerprint density at radius 1 is 1.21 bits per heavy atom. The van der Waals surface area contributed by atoms with Crippen molar-refractivity contribution in [3.8, 4) is 5.82 Å². The summed E-state index contributed by atoms with van der Waals surface area (Å²) in [6, 6.07) is 12.2. The van der Waals surface area contributed by atoms with Crippen molar-refractivity contribution < 1.29 is 0 Å². The van der Waals surface area contributed by atoms with E-state index in [1.807, 2.05) is 42.1 Å². The van der Waals surface area contributed by atoms with Gasteiger partial charge in [-0.2, -0.15) is 0 Å². The maximum Gasteiger partial charge on any atom is 0.191 e. The molecular formula is C22H25ClN6. The summed E-state index contributed by atoms with van der Waals surface area (Å²) in [5.41, 5.74) is 2.54. The first-order chi connectivity index (χ1) is 14.1. The number of hydrogen-bond donors (Lipinski definition) is 2. The van der Waals surface area contributed by atoms with E-state index in [1.54, 1.807) is 13.2 Å². The predicted octanol–water partition coefficient (Wildman–Crippen LogP) is 3.63. The molecule has 0 unspecified atom stereocenters. The Labute approximate surface area is 176 Å². The number of nitrogens with one attached hydrogen (secondary N) is 2. The van der Waals surface area contributed by atoms with E-state index >= 15 is 0 Å². The molecule has 3 aromatic rings. The quantitative estimate of drug-likeness (QED) is 0.483. The van der Waals surface area contributed by atoms with Crippen LogP contribution >= 0.6 is 11.6 Å². The number of pyridine rings is 1. The lowest BCUT2D eigenvalue weighted by molar-refractivity contribution is 0.645. The molecule has 6 nitrogen and oxygen atoms in total. The third-order valence-electron chi connectivity index (χ3n) is 5.45. The van der Waals surface area contributed by atoms with Gasteiger partial charge in [-0.3, -0.25) is 9.56 Å². The molecule has 0 radical (unpaired) electrons. The van der Waals surface area contributed by atoms with Gasteiger partial charge in [-0.25, -0.2) is 9.97 Å². The Balaban J connectivity index is 1.33. The number of rotatable bonds is 6. The van der Waals surface area contributed by atoms with E-state index in [1.165, 1.54) is 5.56 Å². The first kappa shape index (κ1) is 19.5. The van der Waals surface area contributed by atoms with Crippen LogP contribution in [0, 0.1) is 6.92 Å². The molecule has 7 heteroatoms. The second kappa shape index (κ2) is 8.25. The van der Waals surface area contributed by atoms with Gasteiger partial charge in [0.2, 0.25) is 0 Å². The number of imidazole rings is 1. The molecule has 0 saturated heterocycles. The van der Waals surface area contributed by atoms with Crippen LogP contribution in [0.25, 0.3) is 5.82 Å². The Bertz CT molecular complexity index is 1000. The molecule has 150 valence electrons. The van der Waals surface area contributed by atoms with Gasteiger partial charge in [0.1, 0.15) is 11.6 Å². The van der Waals surface area contributed by atoms with Gasteiger partial charge in [0.25, 0.3) is 0 Å². The first-order valence-corrected chi connectivity index (χ1v) is 10.1. The van der Waals surface area contributed by atoms with E-state index in [9.17, 15) is 0 Å². The van der Waals surface area contributed by atoms with Crippen LogP contribution in [-0.2, 0) is 12.0 Å². The molecule has 1 aliphatic carbocycles. The number of guanidine groups is 1. The van der Waals surface area contributed by atoms with Gasteiger partial charge in [-0.15, -0.1) is 0 Å². The molecule has 2 N–H and O–H groups in total. The zero-order chi connectivity index (χ0) is 20.3. The van der Waals surface area contributed by atoms with Gasteiger partial charge in [0.05, 0.1) is 0 Å². The molecule has 0 spiro atoms. The first-order valence-electron chi connectivity index (χ1n) is 9.75. The zero-order valence-electron chi connectivity index (χ0n) is 16.7. The topological polar surface area (TPSA) is 67.1 Å². The van der Waals surface area contributed by atoms with E-state index in [4.69, 9.17) is 11.6 Å². The smallest absolute Gasteiger partial charge is 0.191 e. The second-order valence-corrected chi connectivity index (χ2v) is 7.88. The van der Waals surface area contributed by atoms with Gasteiger partial charge in [0, 0.05) is 49.2 Å². The molecule has 0 atom stereocenters. The van der Waals surface area contributed by atoms with Crippen molar-refractivity contribution in [2.24, 2.45) is 4.99 Å². The Kier molecular flexibility index (Phi) is 5.53. The van der Waals surface area contributed by atoms with Crippen LogP contribution in [0.2, 0.25) is 5.02 Å². The minimum atomic E-state index is 0.161. The molecule has 2 aromatic heterocycles. The van der Waals surface area contributed by atoms with Crippen LogP contribution in [0.15, 0.2) is 60.0 Å². The van der Waals surface area contributed by atoms with E-state index in [2.05, 4.69) is 43.8 Å². The third kappa shape index (κ3) is 4.43. The second-order valence-electron chi connectivity index (χ2n) is 7.44. The molecule has 0 aliphatic heterocycles. The zero-order valence-corrected chi connectivity index (χ0v) is 17.4. The summed E-state index contributed by atoms with van der Waals surface area (Å²) in [6.45, 7) is 3.45. The number of aryl methyl sites for hydroxylation is 1. The highest BCUT2D eigenvalue weighted by Gasteiger charge is 2.44. The molecule has 4 rings (SSSR count). The average Bonchev–Trinajstić information content (AvgIpc) is 3.42. The Morgan fingerprint density at radius 3 is 2.69 bits per heavy atom. The summed E-state index contributed by atoms with van der Waals surface area (Å²) in [5.74, 6) is 2.57. The minimum absolute atomic E-state index is 0.161. The summed E-state index contributed by atoms with van der Waals surface area (Å²) in [7, 11) is 1.79. The van der Waals surface area contributed by atoms with Crippen molar-refractivity contribution in [2.75, 3.05) is 13.6 Å². The SMILES string of the molecule is CN=C(NCc1ccc(-n2ccnc2C)nc1)NCC1(c2cccc(Cl)c2)CC1. The van der Waals surface area contributed by atoms with Crippen molar-refractivity contribution in [2.45, 2.75) is 31.7 Å². The lowest BCUT2D eigenvalue weighted by atomic mass is 9.96. The van der Waals surface area contributed by atoms with Crippen LogP contribution in [0.1, 0.15) is 29.8 Å². The average molecular weight is 409 g/mol. The fourth-order valence-corrected chi connectivity index (χ4v) is 3.67. The number of aromatic nitrogens is 3. The number of benzene rings is 1. The lowest BCUT2D eigenvalue weighted by Gasteiger charge is -2.19. The molecular weight excluding hydrogens is 384 g/mol. The summed E-state index contributed by atoms with van der Waals surface area (Å²) in [5, 5.41) is 7.62. The molecule has 0 bridgehead atoms. The molecule has 1 saturated carbocycles. The lowest BCUT2D eigenvalue weighted by Crippen LogP contribution is -2.40.